The van der Waals surface area contributed by atoms with Crippen LogP contribution in [0.25, 0.3) is 0 Å². The fourth-order valence-electron chi connectivity index (χ4n) is 1.77. The largest absolute Gasteiger partial charge is 0.481 e. The fourth-order valence-corrected chi connectivity index (χ4v) is 1.77. The first-order chi connectivity index (χ1) is 6.68. The zero-order chi connectivity index (χ0) is 10.1. The van der Waals surface area contributed by atoms with E-state index in [0.29, 0.717) is 5.92 Å². The van der Waals surface area contributed by atoms with E-state index in [9.17, 15) is 4.79 Å². The van der Waals surface area contributed by atoms with Gasteiger partial charge in [-0.05, 0) is 24.3 Å². The van der Waals surface area contributed by atoms with Crippen molar-refractivity contribution < 1.29 is 9.90 Å². The van der Waals surface area contributed by atoms with E-state index in [1.165, 1.54) is 12.8 Å². The van der Waals surface area contributed by atoms with Crippen molar-refractivity contribution in [2.45, 2.75) is 38.0 Å². The third kappa shape index (κ3) is 1.78. The maximum absolute atomic E-state index is 10.6. The molecule has 0 amide bonds. The van der Waals surface area contributed by atoms with Crippen LogP contribution in [0.5, 0.6) is 0 Å². The predicted molar refractivity (Wildman–Crippen MR) is 51.2 cm³/mol. The smallest absolute Gasteiger partial charge is 0.303 e. The van der Waals surface area contributed by atoms with Crippen molar-refractivity contribution >= 4 is 5.97 Å². The molecule has 0 radical (unpaired) electrons. The SMILES string of the molecule is CC(CC(=O)O)c1cn[nH]c1C1CC1. The second-order valence-electron chi connectivity index (χ2n) is 4.01. The van der Waals surface area contributed by atoms with Gasteiger partial charge in [0.1, 0.15) is 0 Å². The highest BCUT2D eigenvalue weighted by Crippen LogP contribution is 2.42. The highest BCUT2D eigenvalue weighted by atomic mass is 16.4. The van der Waals surface area contributed by atoms with Gasteiger partial charge in [-0.2, -0.15) is 5.10 Å². The zero-order valence-electron chi connectivity index (χ0n) is 8.16. The highest BCUT2D eigenvalue weighted by molar-refractivity contribution is 5.68. The van der Waals surface area contributed by atoms with Crippen molar-refractivity contribution in [1.29, 1.82) is 0 Å². The molecule has 1 fully saturated rings. The van der Waals surface area contributed by atoms with Crippen molar-refractivity contribution in [1.82, 2.24) is 10.2 Å². The molecule has 0 saturated heterocycles. The number of nitrogens with zero attached hydrogens (tertiary/aromatic N) is 1. The number of H-pyrrole nitrogens is 1. The van der Waals surface area contributed by atoms with Crippen LogP contribution < -0.4 is 0 Å². The molecule has 0 aliphatic heterocycles. The van der Waals surface area contributed by atoms with Gasteiger partial charge in [-0.25, -0.2) is 0 Å². The molecule has 1 saturated carbocycles. The monoisotopic (exact) mass is 194 g/mol. The number of aliphatic carboxylic acids is 1. The van der Waals surface area contributed by atoms with Gasteiger partial charge in [0.2, 0.25) is 0 Å². The Morgan fingerprint density at radius 3 is 3.07 bits per heavy atom. The van der Waals surface area contributed by atoms with Crippen molar-refractivity contribution in [2.75, 3.05) is 0 Å². The normalized spacial score (nSPS) is 18.1. The molecule has 1 aromatic rings. The molecule has 1 unspecified atom stereocenters. The molecular formula is C10H14N2O2. The van der Waals surface area contributed by atoms with E-state index in [1.807, 2.05) is 6.92 Å². The number of carbonyl (C=O) groups is 1. The summed E-state index contributed by atoms with van der Waals surface area (Å²) in [5, 5.41) is 15.7. The molecule has 1 heterocycles. The Balaban J connectivity index is 2.13. The number of aromatic amines is 1. The molecule has 0 bridgehead atoms. The summed E-state index contributed by atoms with van der Waals surface area (Å²) in [5.74, 6) is -0.0916. The van der Waals surface area contributed by atoms with Gasteiger partial charge in [0.15, 0.2) is 0 Å². The van der Waals surface area contributed by atoms with Gasteiger partial charge in [0.25, 0.3) is 0 Å². The summed E-state index contributed by atoms with van der Waals surface area (Å²) >= 11 is 0. The molecule has 0 aromatic carbocycles. The molecule has 2 N–H and O–H groups in total. The van der Waals surface area contributed by atoms with Gasteiger partial charge in [-0.3, -0.25) is 9.89 Å². The van der Waals surface area contributed by atoms with Crippen molar-refractivity contribution in [3.63, 3.8) is 0 Å². The Hall–Kier alpha value is -1.32. The van der Waals surface area contributed by atoms with Crippen molar-refractivity contribution in [3.05, 3.63) is 17.5 Å². The van der Waals surface area contributed by atoms with Crippen molar-refractivity contribution in [2.24, 2.45) is 0 Å². The Bertz CT molecular complexity index is 342. The molecule has 4 heteroatoms. The highest BCUT2D eigenvalue weighted by Gasteiger charge is 2.29. The van der Waals surface area contributed by atoms with Crippen LogP contribution in [0.15, 0.2) is 6.20 Å². The number of nitrogens with one attached hydrogen (secondary N) is 1. The Kier molecular flexibility index (Phi) is 2.27. The van der Waals surface area contributed by atoms with Gasteiger partial charge in [0.05, 0.1) is 12.6 Å². The fraction of sp³-hybridized carbons (Fsp3) is 0.600. The average molecular weight is 194 g/mol. The molecular weight excluding hydrogens is 180 g/mol. The van der Waals surface area contributed by atoms with Crippen LogP contribution in [0.2, 0.25) is 0 Å². The molecule has 0 spiro atoms. The minimum atomic E-state index is -0.750. The summed E-state index contributed by atoms with van der Waals surface area (Å²) in [4.78, 5) is 10.6. The Labute approximate surface area is 82.3 Å². The van der Waals surface area contributed by atoms with E-state index in [1.54, 1.807) is 6.20 Å². The van der Waals surface area contributed by atoms with Crippen LogP contribution in [0.1, 0.15) is 49.3 Å². The van der Waals surface area contributed by atoms with Gasteiger partial charge in [0, 0.05) is 11.6 Å². The summed E-state index contributed by atoms with van der Waals surface area (Å²) < 4.78 is 0. The first kappa shape index (κ1) is 9.24. The number of carboxylic acids is 1. The van der Waals surface area contributed by atoms with E-state index < -0.39 is 5.97 Å². The van der Waals surface area contributed by atoms with E-state index in [0.717, 1.165) is 11.3 Å². The van der Waals surface area contributed by atoms with E-state index in [2.05, 4.69) is 10.2 Å². The number of carboxylic acid groups (broad SMARTS) is 1. The molecule has 2 rings (SSSR count). The molecule has 1 aliphatic carbocycles. The maximum atomic E-state index is 10.6. The molecule has 4 nitrogen and oxygen atoms in total. The molecule has 14 heavy (non-hydrogen) atoms. The summed E-state index contributed by atoms with van der Waals surface area (Å²) in [7, 11) is 0. The molecule has 1 aliphatic rings. The van der Waals surface area contributed by atoms with Crippen LogP contribution in [0.3, 0.4) is 0 Å². The maximum Gasteiger partial charge on any atom is 0.303 e. The van der Waals surface area contributed by atoms with Gasteiger partial charge < -0.3 is 5.11 Å². The standard InChI is InChI=1S/C10H14N2O2/c1-6(4-9(13)14)8-5-11-12-10(8)7-2-3-7/h5-7H,2-4H2,1H3,(H,11,12)(H,13,14). The van der Waals surface area contributed by atoms with E-state index >= 15 is 0 Å². The summed E-state index contributed by atoms with van der Waals surface area (Å²) in [6.45, 7) is 1.94. The zero-order valence-corrected chi connectivity index (χ0v) is 8.16. The summed E-state index contributed by atoms with van der Waals surface area (Å²) in [6, 6.07) is 0. The number of aromatic nitrogens is 2. The van der Waals surface area contributed by atoms with Gasteiger partial charge in [-0.1, -0.05) is 6.92 Å². The van der Waals surface area contributed by atoms with Crippen LogP contribution in [0.4, 0.5) is 0 Å². The second-order valence-corrected chi connectivity index (χ2v) is 4.01. The van der Waals surface area contributed by atoms with Gasteiger partial charge >= 0.3 is 5.97 Å². The predicted octanol–water partition coefficient (Wildman–Crippen LogP) is 1.87. The number of hydrogen-bond acceptors (Lipinski definition) is 2. The quantitative estimate of drug-likeness (QED) is 0.768. The lowest BCUT2D eigenvalue weighted by Gasteiger charge is -2.08. The van der Waals surface area contributed by atoms with Crippen LogP contribution >= 0.6 is 0 Å². The first-order valence-corrected chi connectivity index (χ1v) is 4.93. The lowest BCUT2D eigenvalue weighted by atomic mass is 9.97. The number of rotatable bonds is 4. The van der Waals surface area contributed by atoms with Crippen LogP contribution in [0, 0.1) is 0 Å². The third-order valence-electron chi connectivity index (χ3n) is 2.70. The van der Waals surface area contributed by atoms with Gasteiger partial charge in [-0.15, -0.1) is 0 Å². The molecule has 76 valence electrons. The van der Waals surface area contributed by atoms with Crippen molar-refractivity contribution in [3.8, 4) is 0 Å². The summed E-state index contributed by atoms with van der Waals surface area (Å²) in [5.41, 5.74) is 2.23. The third-order valence-corrected chi connectivity index (χ3v) is 2.70. The van der Waals surface area contributed by atoms with Crippen LogP contribution in [-0.2, 0) is 4.79 Å². The van der Waals surface area contributed by atoms with E-state index in [-0.39, 0.29) is 12.3 Å². The summed E-state index contributed by atoms with van der Waals surface area (Å²) in [6.07, 6.45) is 4.35. The lowest BCUT2D eigenvalue weighted by Crippen LogP contribution is -2.04. The molecule has 1 atom stereocenters. The number of hydrogen-bond donors (Lipinski definition) is 2. The lowest BCUT2D eigenvalue weighted by molar-refractivity contribution is -0.137. The Morgan fingerprint density at radius 2 is 2.50 bits per heavy atom. The second kappa shape index (κ2) is 3.44. The Morgan fingerprint density at radius 1 is 1.79 bits per heavy atom. The van der Waals surface area contributed by atoms with E-state index in [4.69, 9.17) is 5.11 Å². The minimum absolute atomic E-state index is 0.0573. The average Bonchev–Trinajstić information content (AvgIpc) is 2.82. The molecule has 1 aromatic heterocycles. The van der Waals surface area contributed by atoms with Crippen LogP contribution in [-0.4, -0.2) is 21.3 Å². The topological polar surface area (TPSA) is 66.0 Å². The first-order valence-electron chi connectivity index (χ1n) is 4.93. The minimum Gasteiger partial charge on any atom is -0.481 e.